The van der Waals surface area contributed by atoms with E-state index in [2.05, 4.69) is 17.5 Å². The largest absolute Gasteiger partial charge is 0.389 e. The molecule has 0 spiro atoms. The lowest BCUT2D eigenvalue weighted by molar-refractivity contribution is 0.191. The predicted molar refractivity (Wildman–Crippen MR) is 71.8 cm³/mol. The van der Waals surface area contributed by atoms with Gasteiger partial charge in [0.2, 0.25) is 0 Å². The summed E-state index contributed by atoms with van der Waals surface area (Å²) < 4.78 is 32.3. The number of benzene rings is 1. The molecular weight excluding hydrogens is 258 g/mol. The zero-order valence-electron chi connectivity index (χ0n) is 10.3. The van der Waals surface area contributed by atoms with Crippen LogP contribution in [0.2, 0.25) is 0 Å². The molecule has 0 amide bonds. The van der Waals surface area contributed by atoms with Crippen molar-refractivity contribution in [1.82, 2.24) is 0 Å². The smallest absolute Gasteiger partial charge is 0.150 e. The summed E-state index contributed by atoms with van der Waals surface area (Å²) in [5.41, 5.74) is 5.34. The molecule has 1 aromatic carbocycles. The average Bonchev–Trinajstić information content (AvgIpc) is 2.30. The van der Waals surface area contributed by atoms with Gasteiger partial charge in [0, 0.05) is 25.3 Å². The lowest BCUT2D eigenvalue weighted by Crippen LogP contribution is -2.19. The Morgan fingerprint density at radius 2 is 2.00 bits per heavy atom. The molecular formula is C12H16F2N2OS. The molecule has 0 saturated carbocycles. The van der Waals surface area contributed by atoms with E-state index >= 15 is 0 Å². The molecule has 0 bridgehead atoms. The number of hydrogen-bond acceptors (Lipinski definition) is 3. The highest BCUT2D eigenvalue weighted by atomic mass is 32.1. The number of ether oxygens (including phenoxy) is 1. The van der Waals surface area contributed by atoms with E-state index in [-0.39, 0.29) is 22.3 Å². The molecule has 18 heavy (non-hydrogen) atoms. The number of rotatable bonds is 6. The second kappa shape index (κ2) is 6.61. The molecule has 100 valence electrons. The molecule has 3 nitrogen and oxygen atoms in total. The lowest BCUT2D eigenvalue weighted by atomic mass is 10.1. The second-order valence-corrected chi connectivity index (χ2v) is 4.45. The van der Waals surface area contributed by atoms with Crippen LogP contribution in [0.5, 0.6) is 0 Å². The number of nitrogens with two attached hydrogens (primary N) is 1. The topological polar surface area (TPSA) is 47.3 Å². The molecule has 1 aromatic rings. The fourth-order valence-corrected chi connectivity index (χ4v) is 1.58. The Hall–Kier alpha value is -1.27. The van der Waals surface area contributed by atoms with E-state index in [1.807, 2.05) is 6.92 Å². The molecule has 1 atom stereocenters. The Kier molecular flexibility index (Phi) is 5.43. The minimum Gasteiger partial charge on any atom is -0.389 e. The SMILES string of the molecule is COCCC(C)Nc1c(F)cc(C(N)=S)cc1F. The van der Waals surface area contributed by atoms with Crippen LogP contribution in [-0.4, -0.2) is 24.7 Å². The number of nitrogens with one attached hydrogen (secondary N) is 1. The zero-order valence-corrected chi connectivity index (χ0v) is 11.1. The van der Waals surface area contributed by atoms with Crippen LogP contribution in [0.25, 0.3) is 0 Å². The van der Waals surface area contributed by atoms with Gasteiger partial charge in [0.25, 0.3) is 0 Å². The van der Waals surface area contributed by atoms with Crippen LogP contribution in [-0.2, 0) is 4.74 Å². The molecule has 0 aliphatic carbocycles. The third-order valence-electron chi connectivity index (χ3n) is 2.47. The van der Waals surface area contributed by atoms with Crippen LogP contribution in [0.1, 0.15) is 18.9 Å². The summed E-state index contributed by atoms with van der Waals surface area (Å²) in [7, 11) is 1.57. The van der Waals surface area contributed by atoms with E-state index in [0.29, 0.717) is 13.0 Å². The first-order valence-electron chi connectivity index (χ1n) is 5.50. The summed E-state index contributed by atoms with van der Waals surface area (Å²) in [6, 6.07) is 2.14. The minimum atomic E-state index is -0.706. The molecule has 0 radical (unpaired) electrons. The van der Waals surface area contributed by atoms with E-state index < -0.39 is 11.6 Å². The normalized spacial score (nSPS) is 12.2. The van der Waals surface area contributed by atoms with Crippen molar-refractivity contribution in [2.75, 3.05) is 19.0 Å². The fraction of sp³-hybridized carbons (Fsp3) is 0.417. The van der Waals surface area contributed by atoms with Gasteiger partial charge in [0.15, 0.2) is 0 Å². The highest BCUT2D eigenvalue weighted by Gasteiger charge is 2.14. The second-order valence-electron chi connectivity index (χ2n) is 4.01. The first kappa shape index (κ1) is 14.8. The van der Waals surface area contributed by atoms with Crippen molar-refractivity contribution in [2.45, 2.75) is 19.4 Å². The third-order valence-corrected chi connectivity index (χ3v) is 2.71. The lowest BCUT2D eigenvalue weighted by Gasteiger charge is -2.16. The monoisotopic (exact) mass is 274 g/mol. The number of halogens is 2. The van der Waals surface area contributed by atoms with Gasteiger partial charge >= 0.3 is 0 Å². The molecule has 0 aliphatic heterocycles. The van der Waals surface area contributed by atoms with Crippen molar-refractivity contribution in [2.24, 2.45) is 5.73 Å². The Morgan fingerprint density at radius 1 is 1.44 bits per heavy atom. The summed E-state index contributed by atoms with van der Waals surface area (Å²) in [5.74, 6) is -1.41. The Morgan fingerprint density at radius 3 is 2.44 bits per heavy atom. The maximum atomic E-state index is 13.7. The Labute approximate surface area is 110 Å². The molecule has 0 saturated heterocycles. The first-order chi connectivity index (χ1) is 8.45. The minimum absolute atomic E-state index is 0.0354. The molecule has 6 heteroatoms. The zero-order chi connectivity index (χ0) is 13.7. The molecule has 0 aromatic heterocycles. The van der Waals surface area contributed by atoms with E-state index in [0.717, 1.165) is 12.1 Å². The summed E-state index contributed by atoms with van der Waals surface area (Å²) in [4.78, 5) is -0.0354. The van der Waals surface area contributed by atoms with Gasteiger partial charge in [-0.1, -0.05) is 12.2 Å². The molecule has 3 N–H and O–H groups in total. The standard InChI is InChI=1S/C12H16F2N2OS/c1-7(3-4-17-2)16-11-9(13)5-8(12(15)18)6-10(11)14/h5-7,16H,3-4H2,1-2H3,(H2,15,18). The number of thiocarbonyl (C=S) groups is 1. The quantitative estimate of drug-likeness (QED) is 0.782. The first-order valence-corrected chi connectivity index (χ1v) is 5.90. The van der Waals surface area contributed by atoms with Gasteiger partial charge in [-0.2, -0.15) is 0 Å². The van der Waals surface area contributed by atoms with Gasteiger partial charge in [-0.15, -0.1) is 0 Å². The van der Waals surface area contributed by atoms with Gasteiger partial charge in [-0.25, -0.2) is 8.78 Å². The third kappa shape index (κ3) is 3.89. The van der Waals surface area contributed by atoms with Crippen LogP contribution in [0.3, 0.4) is 0 Å². The van der Waals surface area contributed by atoms with Crippen molar-refractivity contribution in [3.63, 3.8) is 0 Å². The molecule has 1 rings (SSSR count). The molecule has 0 heterocycles. The van der Waals surface area contributed by atoms with Crippen molar-refractivity contribution in [1.29, 1.82) is 0 Å². The van der Waals surface area contributed by atoms with Crippen LogP contribution in [0, 0.1) is 11.6 Å². The van der Waals surface area contributed by atoms with Gasteiger partial charge < -0.3 is 15.8 Å². The summed E-state index contributed by atoms with van der Waals surface area (Å²) >= 11 is 4.68. The van der Waals surface area contributed by atoms with Crippen LogP contribution < -0.4 is 11.1 Å². The van der Waals surface area contributed by atoms with Gasteiger partial charge in [0.1, 0.15) is 22.3 Å². The fourth-order valence-electron chi connectivity index (χ4n) is 1.47. The number of hydrogen-bond donors (Lipinski definition) is 2. The Balaban J connectivity index is 2.86. The number of anilines is 1. The maximum absolute atomic E-state index is 13.7. The van der Waals surface area contributed by atoms with E-state index in [1.165, 1.54) is 0 Å². The number of methoxy groups -OCH3 is 1. The highest BCUT2D eigenvalue weighted by molar-refractivity contribution is 7.80. The van der Waals surface area contributed by atoms with E-state index in [9.17, 15) is 8.78 Å². The van der Waals surface area contributed by atoms with Gasteiger partial charge in [-0.3, -0.25) is 0 Å². The molecule has 0 fully saturated rings. The average molecular weight is 274 g/mol. The summed E-state index contributed by atoms with van der Waals surface area (Å²) in [5, 5.41) is 2.77. The van der Waals surface area contributed by atoms with Crippen LogP contribution in [0.4, 0.5) is 14.5 Å². The molecule has 0 aliphatic rings. The van der Waals surface area contributed by atoms with E-state index in [4.69, 9.17) is 10.5 Å². The summed E-state index contributed by atoms with van der Waals surface area (Å²) in [6.45, 7) is 2.34. The maximum Gasteiger partial charge on any atom is 0.150 e. The van der Waals surface area contributed by atoms with Crippen molar-refractivity contribution < 1.29 is 13.5 Å². The van der Waals surface area contributed by atoms with Crippen LogP contribution >= 0.6 is 12.2 Å². The van der Waals surface area contributed by atoms with Crippen molar-refractivity contribution >= 4 is 22.9 Å². The predicted octanol–water partition coefficient (Wildman–Crippen LogP) is 2.44. The Bertz CT molecular complexity index is 417. The highest BCUT2D eigenvalue weighted by Crippen LogP contribution is 2.22. The van der Waals surface area contributed by atoms with Gasteiger partial charge in [-0.05, 0) is 25.5 Å². The molecule has 1 unspecified atom stereocenters. The van der Waals surface area contributed by atoms with Gasteiger partial charge in [0.05, 0.1) is 0 Å². The van der Waals surface area contributed by atoms with Crippen molar-refractivity contribution in [3.8, 4) is 0 Å². The van der Waals surface area contributed by atoms with Crippen LogP contribution in [0.15, 0.2) is 12.1 Å². The summed E-state index contributed by atoms with van der Waals surface area (Å²) in [6.07, 6.45) is 0.645. The van der Waals surface area contributed by atoms with Crippen molar-refractivity contribution in [3.05, 3.63) is 29.3 Å². The van der Waals surface area contributed by atoms with E-state index in [1.54, 1.807) is 7.11 Å².